The lowest BCUT2D eigenvalue weighted by Crippen LogP contribution is -2.45. The van der Waals surface area contributed by atoms with Crippen molar-refractivity contribution in [3.05, 3.63) is 0 Å². The number of amides is 1. The Morgan fingerprint density at radius 2 is 0.532 bits per heavy atom. The van der Waals surface area contributed by atoms with E-state index in [1.54, 1.807) is 0 Å². The first-order chi connectivity index (χ1) is 38.0. The largest absolute Gasteiger partial charge is 0.466 e. The van der Waals surface area contributed by atoms with E-state index in [2.05, 4.69) is 19.2 Å². The number of hydrogen-bond donors (Lipinski definition) is 3. The van der Waals surface area contributed by atoms with Crippen LogP contribution in [0.1, 0.15) is 418 Å². The van der Waals surface area contributed by atoms with Crippen molar-refractivity contribution in [1.29, 1.82) is 0 Å². The van der Waals surface area contributed by atoms with Gasteiger partial charge in [0.2, 0.25) is 5.91 Å². The molecule has 0 fully saturated rings. The summed E-state index contributed by atoms with van der Waals surface area (Å²) in [6, 6.07) is -0.539. The topological polar surface area (TPSA) is 95.9 Å². The van der Waals surface area contributed by atoms with Crippen LogP contribution in [-0.4, -0.2) is 47.4 Å². The molecule has 0 aromatic carbocycles. The molecule has 2 atom stereocenters. The molecule has 0 spiro atoms. The Morgan fingerprint density at radius 3 is 0.792 bits per heavy atom. The number of rotatable bonds is 68. The van der Waals surface area contributed by atoms with Crippen molar-refractivity contribution in [3.63, 3.8) is 0 Å². The molecular weight excluding hydrogens is 947 g/mol. The van der Waals surface area contributed by atoms with Crippen LogP contribution in [0.25, 0.3) is 0 Å². The van der Waals surface area contributed by atoms with E-state index < -0.39 is 12.1 Å². The number of esters is 1. The van der Waals surface area contributed by atoms with Crippen LogP contribution in [-0.2, 0) is 14.3 Å². The number of carbonyl (C=O) groups excluding carboxylic acids is 2. The van der Waals surface area contributed by atoms with Gasteiger partial charge in [-0.3, -0.25) is 9.59 Å². The highest BCUT2D eigenvalue weighted by molar-refractivity contribution is 5.76. The molecule has 460 valence electrons. The second-order valence-corrected chi connectivity index (χ2v) is 24.9. The van der Waals surface area contributed by atoms with Crippen molar-refractivity contribution in [3.8, 4) is 0 Å². The number of aliphatic hydroxyl groups excluding tert-OH is 2. The third-order valence-electron chi connectivity index (χ3n) is 17.2. The standard InChI is InChI=1S/C71H141NO5/c1-3-5-7-9-11-13-15-17-18-19-20-27-30-33-36-40-43-47-51-55-59-63-69(74)68(67-73)72-70(75)64-60-56-52-48-44-41-37-34-31-28-25-23-21-22-24-26-29-32-35-38-42-46-50-54-58-62-66-77-71(76)65-61-57-53-49-45-39-16-14-12-10-8-6-4-2/h68-69,73-74H,3-67H2,1-2H3,(H,72,75). The second kappa shape index (κ2) is 67.4. The number of unbranched alkanes of at least 4 members (excludes halogenated alkanes) is 57. The SMILES string of the molecule is CCCCCCCCCCCCCCCCCCCCCCCC(O)C(CO)NC(=O)CCCCCCCCCCCCCCCCCCCCCCCCCCCCOC(=O)CCCCCCCCCCCCCCC. The van der Waals surface area contributed by atoms with Gasteiger partial charge in [-0.25, -0.2) is 0 Å². The zero-order chi connectivity index (χ0) is 55.7. The van der Waals surface area contributed by atoms with Gasteiger partial charge in [0.1, 0.15) is 0 Å². The first-order valence-electron chi connectivity index (χ1n) is 35.8. The molecule has 0 aromatic rings. The number of nitrogens with one attached hydrogen (secondary N) is 1. The molecule has 0 rings (SSSR count). The monoisotopic (exact) mass is 1090 g/mol. The van der Waals surface area contributed by atoms with Gasteiger partial charge in [-0.1, -0.05) is 380 Å². The van der Waals surface area contributed by atoms with Crippen molar-refractivity contribution in [2.75, 3.05) is 13.2 Å². The molecule has 6 nitrogen and oxygen atoms in total. The Kier molecular flexibility index (Phi) is 66.4. The fourth-order valence-electron chi connectivity index (χ4n) is 11.7. The van der Waals surface area contributed by atoms with Crippen molar-refractivity contribution in [2.45, 2.75) is 431 Å². The molecule has 0 aliphatic rings. The van der Waals surface area contributed by atoms with Crippen molar-refractivity contribution < 1.29 is 24.5 Å². The second-order valence-electron chi connectivity index (χ2n) is 24.9. The van der Waals surface area contributed by atoms with Gasteiger partial charge in [0, 0.05) is 12.8 Å². The predicted octanol–water partition coefficient (Wildman–Crippen LogP) is 23.0. The molecule has 0 radical (unpaired) electrons. The van der Waals surface area contributed by atoms with E-state index in [-0.39, 0.29) is 18.5 Å². The summed E-state index contributed by atoms with van der Waals surface area (Å²) in [5.74, 6) is -0.00696. The maximum atomic E-state index is 12.5. The summed E-state index contributed by atoms with van der Waals surface area (Å²) in [4.78, 5) is 24.6. The van der Waals surface area contributed by atoms with E-state index in [1.807, 2.05) is 0 Å². The predicted molar refractivity (Wildman–Crippen MR) is 338 cm³/mol. The summed E-state index contributed by atoms with van der Waals surface area (Å²) in [5, 5.41) is 23.4. The van der Waals surface area contributed by atoms with E-state index in [4.69, 9.17) is 4.74 Å². The quantitative estimate of drug-likeness (QED) is 0.0417. The average Bonchev–Trinajstić information content (AvgIpc) is 3.43. The Balaban J connectivity index is 3.35. The van der Waals surface area contributed by atoms with Gasteiger partial charge in [0.05, 0.1) is 25.4 Å². The number of carbonyl (C=O) groups is 2. The third kappa shape index (κ3) is 63.9. The van der Waals surface area contributed by atoms with E-state index in [9.17, 15) is 19.8 Å². The zero-order valence-corrected chi connectivity index (χ0v) is 52.7. The smallest absolute Gasteiger partial charge is 0.305 e. The third-order valence-corrected chi connectivity index (χ3v) is 17.2. The average molecular weight is 1090 g/mol. The zero-order valence-electron chi connectivity index (χ0n) is 52.7. The summed E-state index contributed by atoms with van der Waals surface area (Å²) >= 11 is 0. The van der Waals surface area contributed by atoms with Crippen LogP contribution in [0.2, 0.25) is 0 Å². The van der Waals surface area contributed by atoms with Crippen LogP contribution in [0.3, 0.4) is 0 Å². The van der Waals surface area contributed by atoms with Crippen molar-refractivity contribution in [2.24, 2.45) is 0 Å². The maximum Gasteiger partial charge on any atom is 0.305 e. The fourth-order valence-corrected chi connectivity index (χ4v) is 11.7. The maximum absolute atomic E-state index is 12.5. The van der Waals surface area contributed by atoms with E-state index in [1.165, 1.54) is 347 Å². The highest BCUT2D eigenvalue weighted by Crippen LogP contribution is 2.20. The summed E-state index contributed by atoms with van der Waals surface area (Å²) in [6.07, 6.45) is 81.5. The molecule has 6 heteroatoms. The van der Waals surface area contributed by atoms with Crippen molar-refractivity contribution >= 4 is 11.9 Å². The van der Waals surface area contributed by atoms with Gasteiger partial charge in [-0.15, -0.1) is 0 Å². The van der Waals surface area contributed by atoms with Crippen LogP contribution < -0.4 is 5.32 Å². The summed E-state index contributed by atoms with van der Waals surface area (Å²) in [7, 11) is 0. The van der Waals surface area contributed by atoms with Gasteiger partial charge in [-0.2, -0.15) is 0 Å². The van der Waals surface area contributed by atoms with Crippen LogP contribution in [0.15, 0.2) is 0 Å². The molecule has 77 heavy (non-hydrogen) atoms. The molecule has 0 saturated carbocycles. The summed E-state index contributed by atoms with van der Waals surface area (Å²) in [6.45, 7) is 5.01. The van der Waals surface area contributed by atoms with Crippen LogP contribution in [0.5, 0.6) is 0 Å². The lowest BCUT2D eigenvalue weighted by Gasteiger charge is -2.22. The number of hydrogen-bond acceptors (Lipinski definition) is 5. The molecule has 0 saturated heterocycles. The Morgan fingerprint density at radius 1 is 0.312 bits per heavy atom. The highest BCUT2D eigenvalue weighted by atomic mass is 16.5. The molecule has 0 aromatic heterocycles. The van der Waals surface area contributed by atoms with E-state index in [0.29, 0.717) is 25.9 Å². The van der Waals surface area contributed by atoms with Gasteiger partial charge in [0.15, 0.2) is 0 Å². The van der Waals surface area contributed by atoms with E-state index in [0.717, 1.165) is 38.5 Å². The molecule has 0 aliphatic heterocycles. The molecule has 0 bridgehead atoms. The van der Waals surface area contributed by atoms with Gasteiger partial charge < -0.3 is 20.3 Å². The molecule has 1 amide bonds. The Labute approximate surface area is 483 Å². The normalized spacial score (nSPS) is 12.4. The molecule has 0 heterocycles. The van der Waals surface area contributed by atoms with Crippen LogP contribution in [0.4, 0.5) is 0 Å². The van der Waals surface area contributed by atoms with Gasteiger partial charge in [-0.05, 0) is 25.7 Å². The minimum Gasteiger partial charge on any atom is -0.466 e. The fraction of sp³-hybridized carbons (Fsp3) is 0.972. The van der Waals surface area contributed by atoms with Crippen LogP contribution >= 0.6 is 0 Å². The van der Waals surface area contributed by atoms with Crippen LogP contribution in [0, 0.1) is 0 Å². The first-order valence-corrected chi connectivity index (χ1v) is 35.8. The number of aliphatic hydroxyl groups is 2. The van der Waals surface area contributed by atoms with Crippen molar-refractivity contribution in [1.82, 2.24) is 5.32 Å². The molecular formula is C71H141NO5. The summed E-state index contributed by atoms with van der Waals surface area (Å²) in [5.41, 5.74) is 0. The molecule has 2 unspecified atom stereocenters. The number of ether oxygens (including phenoxy) is 1. The Bertz CT molecular complexity index is 1120. The molecule has 3 N–H and O–H groups in total. The Hall–Kier alpha value is -1.14. The summed E-state index contributed by atoms with van der Waals surface area (Å²) < 4.78 is 5.49. The first kappa shape index (κ1) is 75.9. The lowest BCUT2D eigenvalue weighted by atomic mass is 10.0. The van der Waals surface area contributed by atoms with Gasteiger partial charge in [0.25, 0.3) is 0 Å². The minimum atomic E-state index is -0.663. The minimum absolute atomic E-state index is 0.0202. The highest BCUT2D eigenvalue weighted by Gasteiger charge is 2.20. The lowest BCUT2D eigenvalue weighted by molar-refractivity contribution is -0.143. The molecule has 0 aliphatic carbocycles. The van der Waals surface area contributed by atoms with Gasteiger partial charge >= 0.3 is 5.97 Å². The van der Waals surface area contributed by atoms with E-state index >= 15 is 0 Å².